The highest BCUT2D eigenvalue weighted by Gasteiger charge is 2.18. The van der Waals surface area contributed by atoms with E-state index < -0.39 is 11.9 Å². The third-order valence-corrected chi connectivity index (χ3v) is 3.25. The molecule has 0 saturated heterocycles. The average Bonchev–Trinajstić information content (AvgIpc) is 2.74. The first-order valence-electron chi connectivity index (χ1n) is 5.37. The molecule has 0 fully saturated rings. The number of hydrogen-bond acceptors (Lipinski definition) is 6. The molecule has 0 spiro atoms. The standard InChI is InChI=1S/C10H17N3O3S/c1-4-13(5-7(2)9(14)15)10-12-11-8(17-10)6-16-3/h7H,4-6H2,1-3H3,(H,14,15). The lowest BCUT2D eigenvalue weighted by molar-refractivity contribution is -0.140. The van der Waals surface area contributed by atoms with E-state index in [1.165, 1.54) is 11.3 Å². The van der Waals surface area contributed by atoms with Crippen LogP contribution in [0.5, 0.6) is 0 Å². The number of aromatic nitrogens is 2. The first-order valence-corrected chi connectivity index (χ1v) is 6.19. The van der Waals surface area contributed by atoms with Gasteiger partial charge in [-0.1, -0.05) is 18.3 Å². The Morgan fingerprint density at radius 1 is 1.59 bits per heavy atom. The third kappa shape index (κ3) is 3.94. The van der Waals surface area contributed by atoms with Gasteiger partial charge in [0.1, 0.15) is 11.6 Å². The topological polar surface area (TPSA) is 75.6 Å². The van der Waals surface area contributed by atoms with Crippen molar-refractivity contribution >= 4 is 22.4 Å². The smallest absolute Gasteiger partial charge is 0.308 e. The maximum absolute atomic E-state index is 10.8. The van der Waals surface area contributed by atoms with E-state index in [1.54, 1.807) is 14.0 Å². The highest BCUT2D eigenvalue weighted by Crippen LogP contribution is 2.21. The first-order chi connectivity index (χ1) is 8.08. The first kappa shape index (κ1) is 13.9. The van der Waals surface area contributed by atoms with Crippen molar-refractivity contribution in [3.63, 3.8) is 0 Å². The van der Waals surface area contributed by atoms with Crippen LogP contribution in [0.3, 0.4) is 0 Å². The molecule has 1 aromatic rings. The van der Waals surface area contributed by atoms with Crippen molar-refractivity contribution < 1.29 is 14.6 Å². The summed E-state index contributed by atoms with van der Waals surface area (Å²) in [5.41, 5.74) is 0. The van der Waals surface area contributed by atoms with Gasteiger partial charge in [0.05, 0.1) is 5.92 Å². The third-order valence-electron chi connectivity index (χ3n) is 2.29. The minimum atomic E-state index is -0.801. The molecule has 0 amide bonds. The van der Waals surface area contributed by atoms with Crippen molar-refractivity contribution in [1.29, 1.82) is 0 Å². The van der Waals surface area contributed by atoms with Crippen molar-refractivity contribution in [3.05, 3.63) is 5.01 Å². The number of ether oxygens (including phenoxy) is 1. The quantitative estimate of drug-likeness (QED) is 0.793. The van der Waals surface area contributed by atoms with Crippen LogP contribution in [0.1, 0.15) is 18.9 Å². The Labute approximate surface area is 104 Å². The highest BCUT2D eigenvalue weighted by atomic mass is 32.1. The molecular formula is C10H17N3O3S. The normalized spacial score (nSPS) is 12.4. The van der Waals surface area contributed by atoms with E-state index in [-0.39, 0.29) is 0 Å². The van der Waals surface area contributed by atoms with Crippen LogP contribution in [0.4, 0.5) is 5.13 Å². The van der Waals surface area contributed by atoms with Gasteiger partial charge >= 0.3 is 5.97 Å². The van der Waals surface area contributed by atoms with Crippen molar-refractivity contribution in [2.75, 3.05) is 25.1 Å². The molecule has 6 nitrogen and oxygen atoms in total. The van der Waals surface area contributed by atoms with E-state index in [9.17, 15) is 4.79 Å². The molecule has 0 aliphatic rings. The molecule has 0 aromatic carbocycles. The second-order valence-corrected chi connectivity index (χ2v) is 4.73. The van der Waals surface area contributed by atoms with Crippen LogP contribution in [0.15, 0.2) is 0 Å². The minimum Gasteiger partial charge on any atom is -0.481 e. The fourth-order valence-electron chi connectivity index (χ4n) is 1.31. The zero-order valence-corrected chi connectivity index (χ0v) is 11.0. The molecule has 1 heterocycles. The number of nitrogens with zero attached hydrogens (tertiary/aromatic N) is 3. The van der Waals surface area contributed by atoms with Gasteiger partial charge in [-0.2, -0.15) is 0 Å². The summed E-state index contributed by atoms with van der Waals surface area (Å²) in [6.45, 7) is 5.23. The largest absolute Gasteiger partial charge is 0.481 e. The van der Waals surface area contributed by atoms with Crippen LogP contribution < -0.4 is 4.90 Å². The van der Waals surface area contributed by atoms with Gasteiger partial charge < -0.3 is 14.7 Å². The van der Waals surface area contributed by atoms with Gasteiger partial charge in [-0.15, -0.1) is 10.2 Å². The van der Waals surface area contributed by atoms with E-state index in [4.69, 9.17) is 9.84 Å². The predicted octanol–water partition coefficient (Wildman–Crippen LogP) is 1.23. The second-order valence-electron chi connectivity index (χ2n) is 3.69. The molecule has 0 aliphatic carbocycles. The molecule has 96 valence electrons. The number of hydrogen-bond donors (Lipinski definition) is 1. The fourth-order valence-corrected chi connectivity index (χ4v) is 2.19. The molecule has 1 rings (SSSR count). The van der Waals surface area contributed by atoms with Crippen LogP contribution in [-0.4, -0.2) is 41.5 Å². The maximum atomic E-state index is 10.8. The molecule has 1 unspecified atom stereocenters. The fraction of sp³-hybridized carbons (Fsp3) is 0.700. The Morgan fingerprint density at radius 3 is 2.82 bits per heavy atom. The van der Waals surface area contributed by atoms with Gasteiger partial charge in [0.2, 0.25) is 5.13 Å². The van der Waals surface area contributed by atoms with E-state index in [2.05, 4.69) is 10.2 Å². The molecule has 0 aliphatic heterocycles. The zero-order chi connectivity index (χ0) is 12.8. The highest BCUT2D eigenvalue weighted by molar-refractivity contribution is 7.15. The Morgan fingerprint density at radius 2 is 2.29 bits per heavy atom. The molecular weight excluding hydrogens is 242 g/mol. The molecule has 0 saturated carbocycles. The van der Waals surface area contributed by atoms with Gasteiger partial charge in [0, 0.05) is 20.2 Å². The Bertz CT molecular complexity index is 369. The van der Waals surface area contributed by atoms with Crippen molar-refractivity contribution in [1.82, 2.24) is 10.2 Å². The number of carboxylic acids is 1. The molecule has 0 bridgehead atoms. The molecule has 1 atom stereocenters. The van der Waals surface area contributed by atoms with E-state index in [1.807, 2.05) is 11.8 Å². The lowest BCUT2D eigenvalue weighted by Gasteiger charge is -2.21. The summed E-state index contributed by atoms with van der Waals surface area (Å²) in [5, 5.41) is 18.4. The Balaban J connectivity index is 2.68. The number of carbonyl (C=O) groups is 1. The Kier molecular flexibility index (Phi) is 5.30. The van der Waals surface area contributed by atoms with Gasteiger partial charge in [0.25, 0.3) is 0 Å². The summed E-state index contributed by atoms with van der Waals surface area (Å²) in [4.78, 5) is 12.7. The SMILES string of the molecule is CCN(CC(C)C(=O)O)c1nnc(COC)s1. The molecule has 1 N–H and O–H groups in total. The summed E-state index contributed by atoms with van der Waals surface area (Å²) < 4.78 is 4.97. The predicted molar refractivity (Wildman–Crippen MR) is 65.3 cm³/mol. The van der Waals surface area contributed by atoms with Crippen molar-refractivity contribution in [2.24, 2.45) is 5.92 Å². The number of methoxy groups -OCH3 is 1. The van der Waals surface area contributed by atoms with Gasteiger partial charge in [0.15, 0.2) is 0 Å². The summed E-state index contributed by atoms with van der Waals surface area (Å²) in [7, 11) is 1.60. The zero-order valence-electron chi connectivity index (χ0n) is 10.2. The molecule has 17 heavy (non-hydrogen) atoms. The average molecular weight is 259 g/mol. The van der Waals surface area contributed by atoms with Gasteiger partial charge in [-0.3, -0.25) is 4.79 Å². The van der Waals surface area contributed by atoms with Gasteiger partial charge in [-0.05, 0) is 6.92 Å². The van der Waals surface area contributed by atoms with E-state index in [0.717, 1.165) is 10.1 Å². The summed E-state index contributed by atoms with van der Waals surface area (Å²) in [6, 6.07) is 0. The van der Waals surface area contributed by atoms with Crippen LogP contribution in [0.25, 0.3) is 0 Å². The number of carboxylic acid groups (broad SMARTS) is 1. The molecule has 7 heteroatoms. The minimum absolute atomic E-state index is 0.426. The summed E-state index contributed by atoms with van der Waals surface area (Å²) in [6.07, 6.45) is 0. The lowest BCUT2D eigenvalue weighted by Crippen LogP contribution is -2.31. The number of anilines is 1. The molecule has 1 aromatic heterocycles. The maximum Gasteiger partial charge on any atom is 0.308 e. The second kappa shape index (κ2) is 6.51. The monoisotopic (exact) mass is 259 g/mol. The van der Waals surface area contributed by atoms with Crippen LogP contribution in [0.2, 0.25) is 0 Å². The van der Waals surface area contributed by atoms with Crippen LogP contribution in [0, 0.1) is 5.92 Å². The van der Waals surface area contributed by atoms with Gasteiger partial charge in [-0.25, -0.2) is 0 Å². The Hall–Kier alpha value is -1.21. The van der Waals surface area contributed by atoms with Crippen LogP contribution in [-0.2, 0) is 16.1 Å². The summed E-state index contributed by atoms with van der Waals surface area (Å²) in [5.74, 6) is -1.23. The number of rotatable bonds is 7. The van der Waals surface area contributed by atoms with E-state index in [0.29, 0.717) is 19.7 Å². The van der Waals surface area contributed by atoms with Crippen LogP contribution >= 0.6 is 11.3 Å². The number of aliphatic carboxylic acids is 1. The summed E-state index contributed by atoms with van der Waals surface area (Å²) >= 11 is 1.43. The van der Waals surface area contributed by atoms with Crippen molar-refractivity contribution in [3.8, 4) is 0 Å². The molecule has 0 radical (unpaired) electrons. The lowest BCUT2D eigenvalue weighted by atomic mass is 10.2. The van der Waals surface area contributed by atoms with Crippen molar-refractivity contribution in [2.45, 2.75) is 20.5 Å². The van der Waals surface area contributed by atoms with E-state index >= 15 is 0 Å².